The summed E-state index contributed by atoms with van der Waals surface area (Å²) in [6.45, 7) is 6.90. The van der Waals surface area contributed by atoms with E-state index in [1.807, 2.05) is 20.8 Å². The van der Waals surface area contributed by atoms with Crippen molar-refractivity contribution in [1.29, 1.82) is 0 Å². The van der Waals surface area contributed by atoms with Crippen molar-refractivity contribution in [2.75, 3.05) is 6.54 Å². The Hall–Kier alpha value is -0.290. The molecule has 4 unspecified atom stereocenters. The predicted octanol–water partition coefficient (Wildman–Crippen LogP) is 3.02. The van der Waals surface area contributed by atoms with Gasteiger partial charge in [-0.15, -0.1) is 0 Å². The van der Waals surface area contributed by atoms with Gasteiger partial charge >= 0.3 is 6.18 Å². The fourth-order valence-corrected chi connectivity index (χ4v) is 3.31. The van der Waals surface area contributed by atoms with Gasteiger partial charge in [-0.3, -0.25) is 4.90 Å². The lowest BCUT2D eigenvalue weighted by Gasteiger charge is -2.46. The van der Waals surface area contributed by atoms with Crippen molar-refractivity contribution in [3.63, 3.8) is 0 Å². The Morgan fingerprint density at radius 2 is 1.78 bits per heavy atom. The third-order valence-electron chi connectivity index (χ3n) is 3.88. The van der Waals surface area contributed by atoms with Gasteiger partial charge in [0.25, 0.3) is 0 Å². The van der Waals surface area contributed by atoms with E-state index in [1.165, 1.54) is 4.90 Å². The molecule has 1 aliphatic carbocycles. The van der Waals surface area contributed by atoms with Crippen molar-refractivity contribution in [1.82, 2.24) is 4.90 Å². The first-order valence-electron chi connectivity index (χ1n) is 6.70. The van der Waals surface area contributed by atoms with Crippen molar-refractivity contribution in [3.05, 3.63) is 0 Å². The SMILES string of the molecule is CC1CC(C)C(N(CC(F)(F)F)C(C)C)C(N)C1. The minimum Gasteiger partial charge on any atom is -0.326 e. The van der Waals surface area contributed by atoms with Gasteiger partial charge in [0.1, 0.15) is 0 Å². The summed E-state index contributed by atoms with van der Waals surface area (Å²) in [5, 5.41) is 0. The van der Waals surface area contributed by atoms with Gasteiger partial charge in [0, 0.05) is 18.1 Å². The first-order valence-corrected chi connectivity index (χ1v) is 6.70. The minimum absolute atomic E-state index is 0.140. The maximum Gasteiger partial charge on any atom is 0.401 e. The van der Waals surface area contributed by atoms with Crippen LogP contribution in [0, 0.1) is 11.8 Å². The Morgan fingerprint density at radius 3 is 2.17 bits per heavy atom. The van der Waals surface area contributed by atoms with Gasteiger partial charge in [-0.1, -0.05) is 13.8 Å². The van der Waals surface area contributed by atoms with Gasteiger partial charge in [0.05, 0.1) is 6.54 Å². The predicted molar refractivity (Wildman–Crippen MR) is 67.2 cm³/mol. The molecule has 0 aromatic carbocycles. The highest BCUT2D eigenvalue weighted by Gasteiger charge is 2.41. The smallest absolute Gasteiger partial charge is 0.326 e. The molecule has 1 saturated carbocycles. The van der Waals surface area contributed by atoms with Gasteiger partial charge in [-0.25, -0.2) is 0 Å². The van der Waals surface area contributed by atoms with E-state index in [1.54, 1.807) is 0 Å². The summed E-state index contributed by atoms with van der Waals surface area (Å²) in [5.74, 6) is 0.722. The lowest BCUT2D eigenvalue weighted by Crippen LogP contribution is -2.58. The highest BCUT2D eigenvalue weighted by Crippen LogP contribution is 2.33. The molecule has 2 N–H and O–H groups in total. The molecule has 0 aromatic rings. The summed E-state index contributed by atoms with van der Waals surface area (Å²) >= 11 is 0. The van der Waals surface area contributed by atoms with Crippen LogP contribution in [0.15, 0.2) is 0 Å². The van der Waals surface area contributed by atoms with Gasteiger partial charge < -0.3 is 5.73 Å². The highest BCUT2D eigenvalue weighted by atomic mass is 19.4. The lowest BCUT2D eigenvalue weighted by molar-refractivity contribution is -0.160. The Kier molecular flexibility index (Phi) is 5.06. The largest absolute Gasteiger partial charge is 0.401 e. The van der Waals surface area contributed by atoms with Gasteiger partial charge in [0.2, 0.25) is 0 Å². The summed E-state index contributed by atoms with van der Waals surface area (Å²) in [6.07, 6.45) is -2.39. The summed E-state index contributed by atoms with van der Waals surface area (Å²) in [5.41, 5.74) is 6.11. The molecule has 4 atom stereocenters. The third-order valence-corrected chi connectivity index (χ3v) is 3.88. The quantitative estimate of drug-likeness (QED) is 0.850. The van der Waals surface area contributed by atoms with Crippen LogP contribution < -0.4 is 5.73 Å². The van der Waals surface area contributed by atoms with Gasteiger partial charge in [-0.2, -0.15) is 13.2 Å². The maximum absolute atomic E-state index is 12.7. The van der Waals surface area contributed by atoms with Crippen LogP contribution in [-0.2, 0) is 0 Å². The monoisotopic (exact) mass is 266 g/mol. The number of halogens is 3. The molecule has 0 amide bonds. The van der Waals surface area contributed by atoms with Crippen LogP contribution in [0.2, 0.25) is 0 Å². The second-order valence-corrected chi connectivity index (χ2v) is 6.09. The van der Waals surface area contributed by atoms with Crippen LogP contribution in [0.25, 0.3) is 0 Å². The standard InChI is InChI=1S/C13H25F3N2/c1-8(2)18(7-13(14,15)16)12-10(4)5-9(3)6-11(12)17/h8-12H,5-7,17H2,1-4H3. The summed E-state index contributed by atoms with van der Waals surface area (Å²) in [4.78, 5) is 1.53. The molecule has 0 heterocycles. The molecule has 0 bridgehead atoms. The summed E-state index contributed by atoms with van der Waals surface area (Å²) in [7, 11) is 0. The fourth-order valence-electron chi connectivity index (χ4n) is 3.31. The van der Waals surface area contributed by atoms with Crippen molar-refractivity contribution in [3.8, 4) is 0 Å². The van der Waals surface area contributed by atoms with Crippen molar-refractivity contribution in [2.24, 2.45) is 17.6 Å². The van der Waals surface area contributed by atoms with Crippen LogP contribution in [0.1, 0.15) is 40.5 Å². The van der Waals surface area contributed by atoms with Crippen LogP contribution in [0.4, 0.5) is 13.2 Å². The Morgan fingerprint density at radius 1 is 1.22 bits per heavy atom. The molecule has 1 rings (SSSR count). The van der Waals surface area contributed by atoms with Crippen LogP contribution >= 0.6 is 0 Å². The molecule has 2 nitrogen and oxygen atoms in total. The Labute approximate surface area is 108 Å². The highest BCUT2D eigenvalue weighted by molar-refractivity contribution is 4.93. The van der Waals surface area contributed by atoms with Crippen LogP contribution in [0.3, 0.4) is 0 Å². The average molecular weight is 266 g/mol. The number of hydrogen-bond acceptors (Lipinski definition) is 2. The molecule has 108 valence electrons. The molecule has 0 aliphatic heterocycles. The van der Waals surface area contributed by atoms with Crippen LogP contribution in [0.5, 0.6) is 0 Å². The van der Waals surface area contributed by atoms with Crippen molar-refractivity contribution in [2.45, 2.75) is 64.8 Å². The average Bonchev–Trinajstić information content (AvgIpc) is 2.12. The summed E-state index contributed by atoms with van der Waals surface area (Å²) < 4.78 is 38.0. The minimum atomic E-state index is -4.16. The van der Waals surface area contributed by atoms with E-state index >= 15 is 0 Å². The molecule has 1 aliphatic rings. The van der Waals surface area contributed by atoms with E-state index in [2.05, 4.69) is 6.92 Å². The molecular weight excluding hydrogens is 241 g/mol. The Bertz CT molecular complexity index is 253. The van der Waals surface area contributed by atoms with E-state index in [-0.39, 0.29) is 24.0 Å². The molecule has 0 spiro atoms. The van der Waals surface area contributed by atoms with E-state index < -0.39 is 12.7 Å². The van der Waals surface area contributed by atoms with Crippen molar-refractivity contribution < 1.29 is 13.2 Å². The number of nitrogens with two attached hydrogens (primary N) is 1. The molecule has 5 heteroatoms. The molecule has 1 fully saturated rings. The number of nitrogens with zero attached hydrogens (tertiary/aromatic N) is 1. The second kappa shape index (κ2) is 5.78. The van der Waals surface area contributed by atoms with Crippen molar-refractivity contribution >= 4 is 0 Å². The number of hydrogen-bond donors (Lipinski definition) is 1. The Balaban J connectivity index is 2.84. The van der Waals surface area contributed by atoms with Crippen LogP contribution in [-0.4, -0.2) is 35.7 Å². The van der Waals surface area contributed by atoms with E-state index in [0.717, 1.165) is 12.8 Å². The molecule has 18 heavy (non-hydrogen) atoms. The normalized spacial score (nSPS) is 34.3. The third kappa shape index (κ3) is 4.12. The lowest BCUT2D eigenvalue weighted by atomic mass is 9.76. The number of rotatable bonds is 3. The maximum atomic E-state index is 12.7. The zero-order valence-corrected chi connectivity index (χ0v) is 11.7. The summed E-state index contributed by atoms with van der Waals surface area (Å²) in [6, 6.07) is -0.463. The van der Waals surface area contributed by atoms with Gasteiger partial charge in [-0.05, 0) is 38.5 Å². The first-order chi connectivity index (χ1) is 8.11. The first kappa shape index (κ1) is 15.8. The molecule has 0 aromatic heterocycles. The molecular formula is C13H25F3N2. The fraction of sp³-hybridized carbons (Fsp3) is 1.00. The zero-order chi connectivity index (χ0) is 14.1. The van der Waals surface area contributed by atoms with E-state index in [0.29, 0.717) is 5.92 Å². The molecule has 0 radical (unpaired) electrons. The topological polar surface area (TPSA) is 29.3 Å². The van der Waals surface area contributed by atoms with Gasteiger partial charge in [0.15, 0.2) is 0 Å². The number of alkyl halides is 3. The zero-order valence-electron chi connectivity index (χ0n) is 11.7. The van der Waals surface area contributed by atoms with E-state index in [4.69, 9.17) is 5.73 Å². The second-order valence-electron chi connectivity index (χ2n) is 6.09. The molecule has 0 saturated heterocycles. The van der Waals surface area contributed by atoms with E-state index in [9.17, 15) is 13.2 Å².